The Morgan fingerprint density at radius 1 is 1.09 bits per heavy atom. The zero-order chi connectivity index (χ0) is 23.6. The molecule has 2 aromatic heterocycles. The van der Waals surface area contributed by atoms with Crippen molar-refractivity contribution >= 4 is 29.0 Å². The zero-order valence-electron chi connectivity index (χ0n) is 17.4. The molecule has 176 valence electrons. The first-order valence-electron chi connectivity index (χ1n) is 9.68. The molecular formula is C18H22N8O6S. The van der Waals surface area contributed by atoms with Crippen molar-refractivity contribution in [2.24, 2.45) is 0 Å². The molecule has 0 radical (unpaired) electrons. The van der Waals surface area contributed by atoms with Crippen LogP contribution in [0.4, 0.5) is 5.69 Å². The van der Waals surface area contributed by atoms with Gasteiger partial charge in [-0.15, -0.1) is 10.2 Å². The van der Waals surface area contributed by atoms with Crippen LogP contribution in [0.3, 0.4) is 0 Å². The molecule has 0 atom stereocenters. The zero-order valence-corrected chi connectivity index (χ0v) is 18.2. The SMILES string of the molecule is O=COCn1cc(CN(CCc2ccc(N[SH](=O)=O)cc2)Cc2cn(CC(=O)O)nn2)nn1. The maximum Gasteiger partial charge on any atom is 0.325 e. The molecule has 2 N–H and O–H groups in total. The van der Waals surface area contributed by atoms with Gasteiger partial charge in [0.25, 0.3) is 6.47 Å². The van der Waals surface area contributed by atoms with Crippen molar-refractivity contribution in [2.75, 3.05) is 11.3 Å². The number of nitrogens with one attached hydrogen (secondary N) is 1. The standard InChI is InChI=1S/C18H22N8O6S/c27-13-32-12-26-10-17(20-23-26)8-24(7-16-9-25(22-19-16)11-18(28)29)6-5-14-1-3-15(4-2-14)21-33(30)31/h1-4,9-10,13,33H,5-8,11-12H2,(H,28,29)(H,21,30,31). The van der Waals surface area contributed by atoms with Crippen LogP contribution in [0.1, 0.15) is 17.0 Å². The summed E-state index contributed by atoms with van der Waals surface area (Å²) in [5.74, 6) is -1.02. The van der Waals surface area contributed by atoms with Crippen LogP contribution in [-0.2, 0) is 58.0 Å². The van der Waals surface area contributed by atoms with E-state index in [1.165, 1.54) is 9.36 Å². The normalized spacial score (nSPS) is 11.1. The Morgan fingerprint density at radius 2 is 1.73 bits per heavy atom. The minimum Gasteiger partial charge on any atom is -0.480 e. The number of carboxylic acids is 1. The van der Waals surface area contributed by atoms with E-state index < -0.39 is 16.9 Å². The van der Waals surface area contributed by atoms with Gasteiger partial charge in [-0.05, 0) is 24.1 Å². The molecule has 15 heteroatoms. The highest BCUT2D eigenvalue weighted by Crippen LogP contribution is 2.12. The molecule has 2 heterocycles. The molecule has 0 aliphatic carbocycles. The van der Waals surface area contributed by atoms with E-state index in [2.05, 4.69) is 30.1 Å². The van der Waals surface area contributed by atoms with Gasteiger partial charge in [0.05, 0.1) is 23.8 Å². The lowest BCUT2D eigenvalue weighted by atomic mass is 10.1. The minimum atomic E-state index is -2.72. The number of benzene rings is 1. The highest BCUT2D eigenvalue weighted by molar-refractivity contribution is 7.73. The molecule has 0 amide bonds. The van der Waals surface area contributed by atoms with Crippen molar-refractivity contribution in [3.8, 4) is 0 Å². The highest BCUT2D eigenvalue weighted by Gasteiger charge is 2.14. The van der Waals surface area contributed by atoms with Crippen LogP contribution in [0.15, 0.2) is 36.7 Å². The summed E-state index contributed by atoms with van der Waals surface area (Å²) in [6.45, 7) is 1.37. The number of ether oxygens (including phenoxy) is 1. The van der Waals surface area contributed by atoms with Crippen LogP contribution < -0.4 is 4.72 Å². The summed E-state index contributed by atoms with van der Waals surface area (Å²) in [4.78, 5) is 23.3. The summed E-state index contributed by atoms with van der Waals surface area (Å²) in [5.41, 5.74) is 2.70. The fourth-order valence-electron chi connectivity index (χ4n) is 3.02. The number of anilines is 1. The van der Waals surface area contributed by atoms with E-state index in [1.807, 2.05) is 17.0 Å². The van der Waals surface area contributed by atoms with E-state index in [0.717, 1.165) is 5.56 Å². The summed E-state index contributed by atoms with van der Waals surface area (Å²) < 4.78 is 31.2. The third kappa shape index (κ3) is 7.97. The Kier molecular flexibility index (Phi) is 8.43. The number of thiol groups is 1. The second kappa shape index (κ2) is 11.7. The Labute approximate surface area is 189 Å². The van der Waals surface area contributed by atoms with Crippen molar-refractivity contribution in [1.82, 2.24) is 34.9 Å². The number of carbonyl (C=O) groups is 2. The molecule has 0 aliphatic rings. The lowest BCUT2D eigenvalue weighted by Crippen LogP contribution is -2.26. The number of aromatic nitrogens is 6. The monoisotopic (exact) mass is 478 g/mol. The minimum absolute atomic E-state index is 0.0463. The Balaban J connectivity index is 1.67. The van der Waals surface area contributed by atoms with E-state index >= 15 is 0 Å². The summed E-state index contributed by atoms with van der Waals surface area (Å²) in [5, 5.41) is 24.8. The second-order valence-electron chi connectivity index (χ2n) is 6.97. The molecule has 0 saturated heterocycles. The average molecular weight is 478 g/mol. The summed E-state index contributed by atoms with van der Waals surface area (Å²) in [7, 11) is -2.72. The quantitative estimate of drug-likeness (QED) is 0.197. The van der Waals surface area contributed by atoms with Crippen LogP contribution in [0.25, 0.3) is 0 Å². The number of aliphatic carboxylic acids is 1. The maximum atomic E-state index is 10.9. The molecule has 3 rings (SSSR count). The van der Waals surface area contributed by atoms with E-state index in [4.69, 9.17) is 5.11 Å². The second-order valence-corrected chi connectivity index (χ2v) is 7.71. The van der Waals surface area contributed by atoms with E-state index in [1.54, 1.807) is 24.5 Å². The van der Waals surface area contributed by atoms with Crippen molar-refractivity contribution in [3.63, 3.8) is 0 Å². The first-order chi connectivity index (χ1) is 15.9. The summed E-state index contributed by atoms with van der Waals surface area (Å²) in [6, 6.07) is 7.02. The largest absolute Gasteiger partial charge is 0.480 e. The van der Waals surface area contributed by atoms with E-state index in [9.17, 15) is 18.0 Å². The molecule has 0 spiro atoms. The number of carboxylic acid groups (broad SMARTS) is 1. The van der Waals surface area contributed by atoms with Gasteiger partial charge in [-0.3, -0.25) is 19.2 Å². The van der Waals surface area contributed by atoms with Crippen LogP contribution in [0, 0.1) is 0 Å². The van der Waals surface area contributed by atoms with Crippen LogP contribution in [-0.4, -0.2) is 67.4 Å². The molecule has 0 bridgehead atoms. The smallest absolute Gasteiger partial charge is 0.325 e. The predicted molar refractivity (Wildman–Crippen MR) is 113 cm³/mol. The lowest BCUT2D eigenvalue weighted by Gasteiger charge is -2.20. The molecule has 0 saturated carbocycles. The molecular weight excluding hydrogens is 456 g/mol. The predicted octanol–water partition coefficient (Wildman–Crippen LogP) is -0.732. The lowest BCUT2D eigenvalue weighted by molar-refractivity contribution is -0.138. The Bertz CT molecular complexity index is 1140. The first kappa shape index (κ1) is 23.8. The molecule has 0 fully saturated rings. The van der Waals surface area contributed by atoms with Gasteiger partial charge in [0.15, 0.2) is 6.73 Å². The third-order valence-electron chi connectivity index (χ3n) is 4.41. The van der Waals surface area contributed by atoms with Gasteiger partial charge in [-0.2, -0.15) is 0 Å². The first-order valence-corrected chi connectivity index (χ1v) is 10.9. The molecule has 1 aromatic carbocycles. The topological polar surface area (TPSA) is 174 Å². The van der Waals surface area contributed by atoms with Gasteiger partial charge in [0.2, 0.25) is 10.9 Å². The molecule has 0 aliphatic heterocycles. The van der Waals surface area contributed by atoms with Gasteiger partial charge in [-0.1, -0.05) is 22.6 Å². The van der Waals surface area contributed by atoms with E-state index in [0.29, 0.717) is 49.6 Å². The molecule has 14 nitrogen and oxygen atoms in total. The molecule has 3 aromatic rings. The number of rotatable bonds is 14. The highest BCUT2D eigenvalue weighted by atomic mass is 32.2. The third-order valence-corrected chi connectivity index (χ3v) is 4.85. The fourth-order valence-corrected chi connectivity index (χ4v) is 3.38. The summed E-state index contributed by atoms with van der Waals surface area (Å²) >= 11 is 0. The molecule has 0 unspecified atom stereocenters. The Hall–Kier alpha value is -3.85. The summed E-state index contributed by atoms with van der Waals surface area (Å²) in [6.07, 6.45) is 3.87. The van der Waals surface area contributed by atoms with Crippen LogP contribution in [0.5, 0.6) is 0 Å². The van der Waals surface area contributed by atoms with Gasteiger partial charge in [-0.25, -0.2) is 17.8 Å². The van der Waals surface area contributed by atoms with Crippen molar-refractivity contribution in [2.45, 2.75) is 32.8 Å². The van der Waals surface area contributed by atoms with Gasteiger partial charge >= 0.3 is 5.97 Å². The Morgan fingerprint density at radius 3 is 2.33 bits per heavy atom. The fraction of sp³-hybridized carbons (Fsp3) is 0.333. The van der Waals surface area contributed by atoms with E-state index in [-0.39, 0.29) is 13.3 Å². The van der Waals surface area contributed by atoms with Gasteiger partial charge < -0.3 is 9.84 Å². The number of nitrogens with zero attached hydrogens (tertiary/aromatic N) is 7. The van der Waals surface area contributed by atoms with Crippen molar-refractivity contribution < 1.29 is 27.9 Å². The van der Waals surface area contributed by atoms with Crippen LogP contribution in [0.2, 0.25) is 0 Å². The van der Waals surface area contributed by atoms with Crippen molar-refractivity contribution in [3.05, 3.63) is 53.6 Å². The average Bonchev–Trinajstić information content (AvgIpc) is 3.40. The number of hydrogen-bond acceptors (Lipinski definition) is 10. The molecule has 33 heavy (non-hydrogen) atoms. The van der Waals surface area contributed by atoms with Crippen molar-refractivity contribution in [1.29, 1.82) is 0 Å². The number of carbonyl (C=O) groups excluding carboxylic acids is 1. The number of hydrogen-bond donors (Lipinski definition) is 3. The van der Waals surface area contributed by atoms with Gasteiger partial charge in [0.1, 0.15) is 6.54 Å². The maximum absolute atomic E-state index is 10.9. The van der Waals surface area contributed by atoms with Gasteiger partial charge in [0, 0.05) is 25.3 Å². The van der Waals surface area contributed by atoms with Crippen LogP contribution >= 0.6 is 0 Å².